The van der Waals surface area contributed by atoms with E-state index in [-0.39, 0.29) is 0 Å². The van der Waals surface area contributed by atoms with Crippen molar-refractivity contribution in [3.05, 3.63) is 50.9 Å². The van der Waals surface area contributed by atoms with Crippen LogP contribution in [0, 0.1) is 11.3 Å². The molecular formula is C14H8BrN3S. The van der Waals surface area contributed by atoms with Crippen molar-refractivity contribution in [3.63, 3.8) is 0 Å². The van der Waals surface area contributed by atoms with Crippen molar-refractivity contribution in [2.45, 2.75) is 0 Å². The number of aromatic nitrogens is 2. The van der Waals surface area contributed by atoms with Gasteiger partial charge in [0, 0.05) is 14.7 Å². The van der Waals surface area contributed by atoms with E-state index in [4.69, 9.17) is 0 Å². The second-order valence-electron chi connectivity index (χ2n) is 3.94. The SMILES string of the molecule is N#C/C(=C\c1cc(Br)cs1)c1nc2ccccc2[nH]1. The predicted octanol–water partition coefficient (Wildman–Crippen LogP) is 4.45. The Morgan fingerprint density at radius 3 is 2.95 bits per heavy atom. The number of imidazole rings is 1. The Morgan fingerprint density at radius 1 is 1.42 bits per heavy atom. The molecule has 2 aromatic heterocycles. The molecule has 5 heteroatoms. The minimum atomic E-state index is 0.533. The van der Waals surface area contributed by atoms with Crippen LogP contribution in [0.25, 0.3) is 22.7 Å². The zero-order chi connectivity index (χ0) is 13.2. The normalized spacial score (nSPS) is 11.7. The Morgan fingerprint density at radius 2 is 2.26 bits per heavy atom. The molecule has 1 N–H and O–H groups in total. The maximum atomic E-state index is 9.29. The Labute approximate surface area is 122 Å². The van der Waals surface area contributed by atoms with E-state index in [1.165, 1.54) is 0 Å². The minimum absolute atomic E-state index is 0.533. The summed E-state index contributed by atoms with van der Waals surface area (Å²) in [5, 5.41) is 11.3. The van der Waals surface area contributed by atoms with Gasteiger partial charge in [-0.05, 0) is 40.2 Å². The number of aromatic amines is 1. The van der Waals surface area contributed by atoms with Gasteiger partial charge >= 0.3 is 0 Å². The smallest absolute Gasteiger partial charge is 0.149 e. The highest BCUT2D eigenvalue weighted by Crippen LogP contribution is 2.25. The Hall–Kier alpha value is -1.90. The summed E-state index contributed by atoms with van der Waals surface area (Å²) in [6.45, 7) is 0. The van der Waals surface area contributed by atoms with E-state index < -0.39 is 0 Å². The van der Waals surface area contributed by atoms with Gasteiger partial charge in [-0.1, -0.05) is 12.1 Å². The third kappa shape index (κ3) is 2.46. The molecule has 92 valence electrons. The molecule has 0 spiro atoms. The number of para-hydroxylation sites is 2. The summed E-state index contributed by atoms with van der Waals surface area (Å²) in [4.78, 5) is 8.62. The topological polar surface area (TPSA) is 52.5 Å². The number of fused-ring (bicyclic) bond motifs is 1. The maximum absolute atomic E-state index is 9.29. The van der Waals surface area contributed by atoms with Gasteiger partial charge in [0.25, 0.3) is 0 Å². The van der Waals surface area contributed by atoms with E-state index in [2.05, 4.69) is 32.0 Å². The highest BCUT2D eigenvalue weighted by atomic mass is 79.9. The van der Waals surface area contributed by atoms with Gasteiger partial charge in [0.1, 0.15) is 11.9 Å². The Kier molecular flexibility index (Phi) is 3.20. The average molecular weight is 330 g/mol. The molecule has 0 aliphatic heterocycles. The van der Waals surface area contributed by atoms with Crippen LogP contribution < -0.4 is 0 Å². The first-order chi connectivity index (χ1) is 9.26. The van der Waals surface area contributed by atoms with Crippen LogP contribution in [0.4, 0.5) is 0 Å². The summed E-state index contributed by atoms with van der Waals surface area (Å²) in [6, 6.07) is 11.9. The fraction of sp³-hybridized carbons (Fsp3) is 0. The van der Waals surface area contributed by atoms with Gasteiger partial charge in [0.2, 0.25) is 0 Å². The van der Waals surface area contributed by atoms with Crippen LogP contribution in [0.3, 0.4) is 0 Å². The van der Waals surface area contributed by atoms with Crippen LogP contribution in [0.1, 0.15) is 10.7 Å². The van der Waals surface area contributed by atoms with Crippen LogP contribution in [0.5, 0.6) is 0 Å². The number of hydrogen-bond acceptors (Lipinski definition) is 3. The molecule has 0 fully saturated rings. The number of halogens is 1. The summed E-state index contributed by atoms with van der Waals surface area (Å²) in [7, 11) is 0. The maximum Gasteiger partial charge on any atom is 0.149 e. The molecule has 0 atom stereocenters. The number of H-pyrrole nitrogens is 1. The number of benzene rings is 1. The van der Waals surface area contributed by atoms with Crippen LogP contribution in [0.2, 0.25) is 0 Å². The van der Waals surface area contributed by atoms with Crippen LogP contribution in [-0.4, -0.2) is 9.97 Å². The molecule has 3 nitrogen and oxygen atoms in total. The van der Waals surface area contributed by atoms with Gasteiger partial charge < -0.3 is 4.98 Å². The number of nitrogens with zero attached hydrogens (tertiary/aromatic N) is 2. The summed E-state index contributed by atoms with van der Waals surface area (Å²) >= 11 is 4.98. The molecule has 3 aromatic rings. The van der Waals surface area contributed by atoms with Crippen LogP contribution in [-0.2, 0) is 0 Å². The molecule has 19 heavy (non-hydrogen) atoms. The third-order valence-electron chi connectivity index (χ3n) is 2.64. The van der Waals surface area contributed by atoms with Crippen molar-refractivity contribution in [2.75, 3.05) is 0 Å². The summed E-state index contributed by atoms with van der Waals surface area (Å²) in [5.41, 5.74) is 2.34. The van der Waals surface area contributed by atoms with Crippen molar-refractivity contribution < 1.29 is 0 Å². The van der Waals surface area contributed by atoms with Crippen molar-refractivity contribution >= 4 is 49.9 Å². The molecule has 0 amide bonds. The molecule has 0 bridgehead atoms. The van der Waals surface area contributed by atoms with Gasteiger partial charge in [-0.25, -0.2) is 4.98 Å². The van der Waals surface area contributed by atoms with Crippen molar-refractivity contribution in [3.8, 4) is 6.07 Å². The molecular weight excluding hydrogens is 322 g/mol. The van der Waals surface area contributed by atoms with Crippen molar-refractivity contribution in [1.82, 2.24) is 9.97 Å². The second kappa shape index (κ2) is 5.00. The van der Waals surface area contributed by atoms with E-state index in [1.807, 2.05) is 41.8 Å². The monoisotopic (exact) mass is 329 g/mol. The minimum Gasteiger partial charge on any atom is -0.337 e. The quantitative estimate of drug-likeness (QED) is 0.706. The fourth-order valence-corrected chi connectivity index (χ4v) is 3.16. The molecule has 0 saturated carbocycles. The number of allylic oxidation sites excluding steroid dienone is 1. The van der Waals surface area contributed by atoms with Gasteiger partial charge in [0.05, 0.1) is 16.6 Å². The second-order valence-corrected chi connectivity index (χ2v) is 5.80. The first-order valence-electron chi connectivity index (χ1n) is 5.57. The number of thiophene rings is 1. The van der Waals surface area contributed by atoms with E-state index in [9.17, 15) is 5.26 Å². The van der Waals surface area contributed by atoms with E-state index in [1.54, 1.807) is 11.3 Å². The summed E-state index contributed by atoms with van der Waals surface area (Å²) in [6.07, 6.45) is 1.84. The average Bonchev–Trinajstić information content (AvgIpc) is 3.01. The van der Waals surface area contributed by atoms with Crippen molar-refractivity contribution in [1.29, 1.82) is 5.26 Å². The first-order valence-corrected chi connectivity index (χ1v) is 7.24. The lowest BCUT2D eigenvalue weighted by molar-refractivity contribution is 1.27. The van der Waals surface area contributed by atoms with E-state index in [0.717, 1.165) is 20.4 Å². The molecule has 1 aromatic carbocycles. The lowest BCUT2D eigenvalue weighted by Gasteiger charge is -1.91. The highest BCUT2D eigenvalue weighted by Gasteiger charge is 2.08. The van der Waals surface area contributed by atoms with E-state index in [0.29, 0.717) is 11.4 Å². The zero-order valence-corrected chi connectivity index (χ0v) is 12.1. The van der Waals surface area contributed by atoms with Gasteiger partial charge in [-0.3, -0.25) is 0 Å². The van der Waals surface area contributed by atoms with Crippen molar-refractivity contribution in [2.24, 2.45) is 0 Å². The molecule has 0 saturated heterocycles. The summed E-state index contributed by atoms with van der Waals surface area (Å²) in [5.74, 6) is 0.605. The molecule has 0 unspecified atom stereocenters. The Balaban J connectivity index is 2.07. The lowest BCUT2D eigenvalue weighted by Crippen LogP contribution is -1.83. The molecule has 0 aliphatic carbocycles. The molecule has 0 aliphatic rings. The molecule has 3 rings (SSSR count). The number of rotatable bonds is 2. The van der Waals surface area contributed by atoms with Gasteiger partial charge in [-0.2, -0.15) is 5.26 Å². The molecule has 0 radical (unpaired) electrons. The standard InChI is InChI=1S/C14H8BrN3S/c15-10-6-11(19-8-10)5-9(7-16)14-17-12-3-1-2-4-13(12)18-14/h1-6,8H,(H,17,18)/b9-5+. The van der Waals surface area contributed by atoms with E-state index >= 15 is 0 Å². The summed E-state index contributed by atoms with van der Waals surface area (Å²) < 4.78 is 1.02. The van der Waals surface area contributed by atoms with Crippen LogP contribution >= 0.6 is 27.3 Å². The number of nitrogens with one attached hydrogen (secondary N) is 1. The third-order valence-corrected chi connectivity index (χ3v) is 4.28. The fourth-order valence-electron chi connectivity index (χ4n) is 1.78. The van der Waals surface area contributed by atoms with Gasteiger partial charge in [0.15, 0.2) is 0 Å². The number of nitriles is 1. The van der Waals surface area contributed by atoms with Crippen LogP contribution in [0.15, 0.2) is 40.2 Å². The zero-order valence-electron chi connectivity index (χ0n) is 9.72. The Bertz CT molecular complexity index is 774. The number of hydrogen-bond donors (Lipinski definition) is 1. The predicted molar refractivity (Wildman–Crippen MR) is 81.6 cm³/mol. The first kappa shape index (κ1) is 12.2. The highest BCUT2D eigenvalue weighted by molar-refractivity contribution is 9.10. The molecule has 2 heterocycles. The largest absolute Gasteiger partial charge is 0.337 e. The lowest BCUT2D eigenvalue weighted by atomic mass is 10.2. The van der Waals surface area contributed by atoms with Gasteiger partial charge in [-0.15, -0.1) is 11.3 Å².